The first-order valence-electron chi connectivity index (χ1n) is 10.5. The Morgan fingerprint density at radius 2 is 1.87 bits per heavy atom. The van der Waals surface area contributed by atoms with Crippen LogP contribution in [0.1, 0.15) is 44.4 Å². The lowest BCUT2D eigenvalue weighted by Crippen LogP contribution is -2.43. The molecular weight excluding hydrogens is 425 g/mol. The molecule has 9 heteroatoms. The minimum Gasteiger partial charge on any atom is -0.354 e. The van der Waals surface area contributed by atoms with E-state index in [1.165, 1.54) is 6.42 Å². The van der Waals surface area contributed by atoms with Gasteiger partial charge in [-0.1, -0.05) is 26.0 Å². The van der Waals surface area contributed by atoms with Crippen LogP contribution in [-0.2, 0) is 11.0 Å². The molecule has 1 aromatic heterocycles. The third kappa shape index (κ3) is 6.67. The lowest BCUT2D eigenvalue weighted by Gasteiger charge is -2.35. The molecule has 1 aliphatic heterocycles. The van der Waals surface area contributed by atoms with Crippen LogP contribution in [0.15, 0.2) is 29.6 Å². The van der Waals surface area contributed by atoms with Crippen LogP contribution in [0.5, 0.6) is 0 Å². The van der Waals surface area contributed by atoms with Gasteiger partial charge in [-0.15, -0.1) is 11.3 Å². The Hall–Kier alpha value is -2.13. The van der Waals surface area contributed by atoms with Crippen molar-refractivity contribution in [3.8, 4) is 0 Å². The average Bonchev–Trinajstić information content (AvgIpc) is 3.16. The third-order valence-electron chi connectivity index (χ3n) is 5.52. The van der Waals surface area contributed by atoms with Gasteiger partial charge < -0.3 is 15.5 Å². The number of thiazole rings is 1. The molecule has 3 rings (SSSR count). The summed E-state index contributed by atoms with van der Waals surface area (Å²) in [6.45, 7) is 10.0. The van der Waals surface area contributed by atoms with Gasteiger partial charge in [0.15, 0.2) is 10.8 Å². The van der Waals surface area contributed by atoms with Crippen molar-refractivity contribution >= 4 is 28.1 Å². The largest absolute Gasteiger partial charge is 0.434 e. The molecule has 170 valence electrons. The highest BCUT2D eigenvalue weighted by Crippen LogP contribution is 2.32. The van der Waals surface area contributed by atoms with Crippen molar-refractivity contribution in [3.05, 3.63) is 40.9 Å². The lowest BCUT2D eigenvalue weighted by atomic mass is 9.92. The number of piperidine rings is 1. The monoisotopic (exact) mass is 454 g/mol. The number of nitrogens with zero attached hydrogens (tertiary/aromatic N) is 2. The second kappa shape index (κ2) is 9.99. The van der Waals surface area contributed by atoms with Gasteiger partial charge in [0.25, 0.3) is 0 Å². The highest BCUT2D eigenvalue weighted by molar-refractivity contribution is 7.13. The maximum Gasteiger partial charge on any atom is 0.434 e. The first-order chi connectivity index (χ1) is 14.6. The van der Waals surface area contributed by atoms with E-state index in [1.54, 1.807) is 24.3 Å². The number of aromatic nitrogens is 1. The highest BCUT2D eigenvalue weighted by Gasteiger charge is 2.33. The molecule has 0 radical (unpaired) electrons. The van der Waals surface area contributed by atoms with E-state index in [0.717, 1.165) is 41.9 Å². The molecule has 2 heterocycles. The molecule has 31 heavy (non-hydrogen) atoms. The zero-order chi connectivity index (χ0) is 22.6. The average molecular weight is 455 g/mol. The molecule has 0 bridgehead atoms. The van der Waals surface area contributed by atoms with Gasteiger partial charge in [-0.2, -0.15) is 13.2 Å². The Bertz CT molecular complexity index is 858. The Balaban J connectivity index is 1.48. The molecule has 2 aromatic rings. The van der Waals surface area contributed by atoms with Crippen LogP contribution in [0.25, 0.3) is 0 Å². The Labute approximate surface area is 185 Å². The first-order valence-corrected chi connectivity index (χ1v) is 11.4. The molecule has 3 unspecified atom stereocenters. The SMILES string of the molecule is CC1CC(C)CN(CCNC(=O)C(C)c2ccc(Nc3nc(C(F)(F)F)cs3)cc2)C1. The number of nitrogens with one attached hydrogen (secondary N) is 2. The number of anilines is 2. The number of hydrogen-bond donors (Lipinski definition) is 2. The van der Waals surface area contributed by atoms with Gasteiger partial charge in [-0.05, 0) is 42.9 Å². The fraction of sp³-hybridized carbons (Fsp3) is 0.545. The molecule has 5 nitrogen and oxygen atoms in total. The van der Waals surface area contributed by atoms with E-state index in [1.807, 2.05) is 6.92 Å². The van der Waals surface area contributed by atoms with E-state index in [2.05, 4.69) is 34.4 Å². The van der Waals surface area contributed by atoms with Crippen LogP contribution in [0, 0.1) is 11.8 Å². The van der Waals surface area contributed by atoms with Crippen molar-refractivity contribution in [1.82, 2.24) is 15.2 Å². The first kappa shape index (κ1) is 23.5. The number of carbonyl (C=O) groups excluding carboxylic acids is 1. The molecule has 1 aliphatic rings. The molecule has 0 aliphatic carbocycles. The van der Waals surface area contributed by atoms with E-state index in [4.69, 9.17) is 0 Å². The molecule has 2 N–H and O–H groups in total. The zero-order valence-electron chi connectivity index (χ0n) is 18.0. The van der Waals surface area contributed by atoms with Crippen LogP contribution >= 0.6 is 11.3 Å². The summed E-state index contributed by atoms with van der Waals surface area (Å²) in [6.07, 6.45) is -3.19. The van der Waals surface area contributed by atoms with E-state index in [-0.39, 0.29) is 17.0 Å². The number of hydrogen-bond acceptors (Lipinski definition) is 5. The zero-order valence-corrected chi connectivity index (χ0v) is 18.8. The number of alkyl halides is 3. The fourth-order valence-electron chi connectivity index (χ4n) is 4.06. The molecule has 1 amide bonds. The number of likely N-dealkylation sites (tertiary alicyclic amines) is 1. The summed E-state index contributed by atoms with van der Waals surface area (Å²) in [5, 5.41) is 7.04. The minimum absolute atomic E-state index is 0.0337. The van der Waals surface area contributed by atoms with Crippen molar-refractivity contribution < 1.29 is 18.0 Å². The Kier molecular flexibility index (Phi) is 7.59. The van der Waals surface area contributed by atoms with E-state index in [0.29, 0.717) is 24.1 Å². The summed E-state index contributed by atoms with van der Waals surface area (Å²) in [7, 11) is 0. The Morgan fingerprint density at radius 3 is 2.45 bits per heavy atom. The van der Waals surface area contributed by atoms with Gasteiger partial charge >= 0.3 is 6.18 Å². The van der Waals surface area contributed by atoms with E-state index in [9.17, 15) is 18.0 Å². The van der Waals surface area contributed by atoms with E-state index >= 15 is 0 Å². The standard InChI is InChI=1S/C22H29F3N4OS/c1-14-10-15(2)12-29(11-14)9-8-26-20(30)16(3)17-4-6-18(7-5-17)27-21-28-19(13-31-21)22(23,24)25/h4-7,13-16H,8-12H2,1-3H3,(H,26,30)(H,27,28). The minimum atomic E-state index is -4.45. The molecular formula is C22H29F3N4OS. The molecule has 0 spiro atoms. The predicted octanol–water partition coefficient (Wildman–Crippen LogP) is 5.10. The lowest BCUT2D eigenvalue weighted by molar-refractivity contribution is -0.140. The molecule has 3 atom stereocenters. The van der Waals surface area contributed by atoms with Crippen LogP contribution in [0.4, 0.5) is 24.0 Å². The quantitative estimate of drug-likeness (QED) is 0.611. The third-order valence-corrected chi connectivity index (χ3v) is 6.28. The summed E-state index contributed by atoms with van der Waals surface area (Å²) in [5.41, 5.74) is 0.557. The summed E-state index contributed by atoms with van der Waals surface area (Å²) in [5.74, 6) is 1.03. The van der Waals surface area contributed by atoms with Crippen LogP contribution in [0.2, 0.25) is 0 Å². The number of halogens is 3. The number of rotatable bonds is 7. The smallest absolute Gasteiger partial charge is 0.354 e. The van der Waals surface area contributed by atoms with Gasteiger partial charge in [-0.25, -0.2) is 4.98 Å². The topological polar surface area (TPSA) is 57.3 Å². The van der Waals surface area contributed by atoms with Crippen LogP contribution < -0.4 is 10.6 Å². The van der Waals surface area contributed by atoms with Crippen molar-refractivity contribution in [2.24, 2.45) is 11.8 Å². The predicted molar refractivity (Wildman–Crippen MR) is 118 cm³/mol. The van der Waals surface area contributed by atoms with Gasteiger partial charge in [0.2, 0.25) is 5.91 Å². The van der Waals surface area contributed by atoms with Gasteiger partial charge in [0.1, 0.15) is 0 Å². The van der Waals surface area contributed by atoms with Crippen molar-refractivity contribution in [2.45, 2.75) is 39.3 Å². The van der Waals surface area contributed by atoms with Crippen LogP contribution in [-0.4, -0.2) is 42.0 Å². The maximum atomic E-state index is 12.7. The summed E-state index contributed by atoms with van der Waals surface area (Å²) in [6, 6.07) is 7.09. The summed E-state index contributed by atoms with van der Waals surface area (Å²) in [4.78, 5) is 18.5. The normalized spacial score (nSPS) is 21.0. The molecule has 1 fully saturated rings. The second-order valence-corrected chi connectivity index (χ2v) is 9.36. The van der Waals surface area contributed by atoms with Crippen molar-refractivity contribution in [1.29, 1.82) is 0 Å². The maximum absolute atomic E-state index is 12.7. The molecule has 1 saturated heterocycles. The molecule has 0 saturated carbocycles. The highest BCUT2D eigenvalue weighted by atomic mass is 32.1. The number of carbonyl (C=O) groups is 1. The van der Waals surface area contributed by atoms with Crippen molar-refractivity contribution in [2.75, 3.05) is 31.5 Å². The number of amides is 1. The summed E-state index contributed by atoms with van der Waals surface area (Å²) >= 11 is 0.897. The fourth-order valence-corrected chi connectivity index (χ4v) is 4.79. The number of benzene rings is 1. The molecule has 1 aromatic carbocycles. The van der Waals surface area contributed by atoms with Crippen LogP contribution in [0.3, 0.4) is 0 Å². The van der Waals surface area contributed by atoms with Crippen molar-refractivity contribution in [3.63, 3.8) is 0 Å². The Morgan fingerprint density at radius 1 is 1.23 bits per heavy atom. The summed E-state index contributed by atoms with van der Waals surface area (Å²) < 4.78 is 38.0. The van der Waals surface area contributed by atoms with Gasteiger partial charge in [0.05, 0.1) is 5.92 Å². The van der Waals surface area contributed by atoms with E-state index < -0.39 is 11.9 Å². The van der Waals surface area contributed by atoms with Gasteiger partial charge in [-0.3, -0.25) is 4.79 Å². The van der Waals surface area contributed by atoms with Gasteiger partial charge in [0, 0.05) is 37.2 Å². The second-order valence-electron chi connectivity index (χ2n) is 8.50.